The zero-order valence-electron chi connectivity index (χ0n) is 10.8. The SMILES string of the molecule is CC(C=Cc1ccccc1)(C(=O)O)c1ccccc1. The van der Waals surface area contributed by atoms with E-state index in [0.29, 0.717) is 0 Å². The molecule has 0 saturated carbocycles. The lowest BCUT2D eigenvalue weighted by molar-refractivity contribution is -0.141. The molecule has 2 rings (SSSR count). The van der Waals surface area contributed by atoms with Crippen LogP contribution >= 0.6 is 0 Å². The van der Waals surface area contributed by atoms with E-state index in [0.717, 1.165) is 11.1 Å². The summed E-state index contributed by atoms with van der Waals surface area (Å²) in [6, 6.07) is 19.0. The van der Waals surface area contributed by atoms with E-state index < -0.39 is 11.4 Å². The first-order chi connectivity index (χ1) is 9.13. The van der Waals surface area contributed by atoms with Gasteiger partial charge in [-0.2, -0.15) is 0 Å². The first-order valence-corrected chi connectivity index (χ1v) is 6.16. The third-order valence-electron chi connectivity index (χ3n) is 3.23. The van der Waals surface area contributed by atoms with Gasteiger partial charge in [0.05, 0.1) is 0 Å². The van der Waals surface area contributed by atoms with Crippen molar-refractivity contribution in [3.05, 3.63) is 77.9 Å². The van der Waals surface area contributed by atoms with Crippen LogP contribution in [0.15, 0.2) is 66.7 Å². The zero-order chi connectivity index (χ0) is 13.7. The summed E-state index contributed by atoms with van der Waals surface area (Å²) >= 11 is 0. The number of carboxylic acids is 1. The van der Waals surface area contributed by atoms with Crippen LogP contribution in [0.1, 0.15) is 18.1 Å². The number of aliphatic carboxylic acids is 1. The Kier molecular flexibility index (Phi) is 3.81. The van der Waals surface area contributed by atoms with Crippen LogP contribution in [0.5, 0.6) is 0 Å². The maximum Gasteiger partial charge on any atom is 0.317 e. The monoisotopic (exact) mass is 252 g/mol. The van der Waals surface area contributed by atoms with Gasteiger partial charge in [-0.3, -0.25) is 4.79 Å². The number of rotatable bonds is 4. The van der Waals surface area contributed by atoms with Gasteiger partial charge in [0, 0.05) is 0 Å². The summed E-state index contributed by atoms with van der Waals surface area (Å²) in [6.45, 7) is 1.71. The Hall–Kier alpha value is -2.35. The average Bonchev–Trinajstić information content (AvgIpc) is 2.46. The zero-order valence-corrected chi connectivity index (χ0v) is 10.8. The second kappa shape index (κ2) is 5.53. The van der Waals surface area contributed by atoms with E-state index in [9.17, 15) is 9.90 Å². The van der Waals surface area contributed by atoms with Gasteiger partial charge in [-0.15, -0.1) is 0 Å². The molecule has 0 heterocycles. The van der Waals surface area contributed by atoms with E-state index in [1.54, 1.807) is 13.0 Å². The van der Waals surface area contributed by atoms with Crippen LogP contribution in [-0.2, 0) is 10.2 Å². The minimum Gasteiger partial charge on any atom is -0.480 e. The second-order valence-electron chi connectivity index (χ2n) is 4.62. The third kappa shape index (κ3) is 2.91. The minimum atomic E-state index is -1.02. The lowest BCUT2D eigenvalue weighted by Crippen LogP contribution is -2.29. The molecule has 96 valence electrons. The van der Waals surface area contributed by atoms with Crippen LogP contribution < -0.4 is 0 Å². The third-order valence-corrected chi connectivity index (χ3v) is 3.23. The summed E-state index contributed by atoms with van der Waals surface area (Å²) in [5.74, 6) is -0.856. The van der Waals surface area contributed by atoms with Crippen molar-refractivity contribution in [2.45, 2.75) is 12.3 Å². The number of carbonyl (C=O) groups is 1. The van der Waals surface area contributed by atoms with E-state index in [4.69, 9.17) is 0 Å². The Labute approximate surface area is 113 Å². The Morgan fingerprint density at radius 2 is 1.53 bits per heavy atom. The van der Waals surface area contributed by atoms with Crippen molar-refractivity contribution in [1.29, 1.82) is 0 Å². The molecule has 0 radical (unpaired) electrons. The molecule has 0 spiro atoms. The molecule has 2 heteroatoms. The van der Waals surface area contributed by atoms with E-state index in [1.807, 2.05) is 66.7 Å². The minimum absolute atomic E-state index is 0.773. The summed E-state index contributed by atoms with van der Waals surface area (Å²) in [7, 11) is 0. The molecular weight excluding hydrogens is 236 g/mol. The van der Waals surface area contributed by atoms with Crippen molar-refractivity contribution in [1.82, 2.24) is 0 Å². The molecule has 2 aromatic rings. The molecule has 0 amide bonds. The van der Waals surface area contributed by atoms with Crippen LogP contribution in [0.3, 0.4) is 0 Å². The Morgan fingerprint density at radius 1 is 1.00 bits per heavy atom. The van der Waals surface area contributed by atoms with E-state index >= 15 is 0 Å². The Bertz CT molecular complexity index is 573. The molecular formula is C17H16O2. The van der Waals surface area contributed by atoms with Gasteiger partial charge in [0.25, 0.3) is 0 Å². The van der Waals surface area contributed by atoms with Crippen LogP contribution in [0.25, 0.3) is 6.08 Å². The fourth-order valence-electron chi connectivity index (χ4n) is 1.90. The molecule has 1 atom stereocenters. The van der Waals surface area contributed by atoms with Crippen molar-refractivity contribution in [2.24, 2.45) is 0 Å². The number of hydrogen-bond donors (Lipinski definition) is 1. The second-order valence-corrected chi connectivity index (χ2v) is 4.62. The molecule has 0 bridgehead atoms. The first-order valence-electron chi connectivity index (χ1n) is 6.16. The maximum absolute atomic E-state index is 11.6. The maximum atomic E-state index is 11.6. The summed E-state index contributed by atoms with van der Waals surface area (Å²) in [5, 5.41) is 9.51. The van der Waals surface area contributed by atoms with Crippen molar-refractivity contribution >= 4 is 12.0 Å². The van der Waals surface area contributed by atoms with Gasteiger partial charge in [0.15, 0.2) is 0 Å². The standard InChI is InChI=1S/C17H16O2/c1-17(16(18)19,15-10-6-3-7-11-15)13-12-14-8-4-2-5-9-14/h2-13H,1H3,(H,18,19). The molecule has 0 aliphatic carbocycles. The number of hydrogen-bond acceptors (Lipinski definition) is 1. The highest BCUT2D eigenvalue weighted by atomic mass is 16.4. The van der Waals surface area contributed by atoms with Gasteiger partial charge >= 0.3 is 5.97 Å². The summed E-state index contributed by atoms with van der Waals surface area (Å²) in [5.41, 5.74) is 0.748. The van der Waals surface area contributed by atoms with Crippen LogP contribution in [0.2, 0.25) is 0 Å². The molecule has 19 heavy (non-hydrogen) atoms. The molecule has 1 unspecified atom stereocenters. The summed E-state index contributed by atoms with van der Waals surface area (Å²) in [6.07, 6.45) is 3.58. The van der Waals surface area contributed by atoms with Gasteiger partial charge in [-0.05, 0) is 18.1 Å². The van der Waals surface area contributed by atoms with Gasteiger partial charge in [0.1, 0.15) is 5.41 Å². The molecule has 0 aliphatic rings. The molecule has 2 aromatic carbocycles. The lowest BCUT2D eigenvalue weighted by Gasteiger charge is -2.21. The fraction of sp³-hybridized carbons (Fsp3) is 0.118. The predicted molar refractivity (Wildman–Crippen MR) is 76.9 cm³/mol. The number of carboxylic acid groups (broad SMARTS) is 1. The van der Waals surface area contributed by atoms with Gasteiger partial charge in [-0.1, -0.05) is 72.8 Å². The molecule has 2 nitrogen and oxygen atoms in total. The van der Waals surface area contributed by atoms with Gasteiger partial charge < -0.3 is 5.11 Å². The summed E-state index contributed by atoms with van der Waals surface area (Å²) in [4.78, 5) is 11.6. The van der Waals surface area contributed by atoms with Gasteiger partial charge in [-0.25, -0.2) is 0 Å². The average molecular weight is 252 g/mol. The fourth-order valence-corrected chi connectivity index (χ4v) is 1.90. The Balaban J connectivity index is 2.37. The topological polar surface area (TPSA) is 37.3 Å². The summed E-state index contributed by atoms with van der Waals surface area (Å²) < 4.78 is 0. The van der Waals surface area contributed by atoms with E-state index in [-0.39, 0.29) is 0 Å². The highest BCUT2D eigenvalue weighted by molar-refractivity contribution is 5.84. The van der Waals surface area contributed by atoms with Crippen LogP contribution in [0.4, 0.5) is 0 Å². The van der Waals surface area contributed by atoms with Crippen LogP contribution in [0, 0.1) is 0 Å². The van der Waals surface area contributed by atoms with E-state index in [1.165, 1.54) is 0 Å². The van der Waals surface area contributed by atoms with Gasteiger partial charge in [0.2, 0.25) is 0 Å². The lowest BCUT2D eigenvalue weighted by atomic mass is 9.82. The van der Waals surface area contributed by atoms with E-state index in [2.05, 4.69) is 0 Å². The Morgan fingerprint density at radius 3 is 2.05 bits per heavy atom. The molecule has 0 saturated heterocycles. The van der Waals surface area contributed by atoms with Crippen molar-refractivity contribution in [3.8, 4) is 0 Å². The highest BCUT2D eigenvalue weighted by Crippen LogP contribution is 2.26. The molecule has 1 N–H and O–H groups in total. The highest BCUT2D eigenvalue weighted by Gasteiger charge is 2.31. The predicted octanol–water partition coefficient (Wildman–Crippen LogP) is 3.74. The normalized spacial score (nSPS) is 14.2. The van der Waals surface area contributed by atoms with Crippen LogP contribution in [-0.4, -0.2) is 11.1 Å². The largest absolute Gasteiger partial charge is 0.480 e. The number of benzene rings is 2. The smallest absolute Gasteiger partial charge is 0.317 e. The quantitative estimate of drug-likeness (QED) is 0.900. The van der Waals surface area contributed by atoms with Crippen molar-refractivity contribution in [2.75, 3.05) is 0 Å². The molecule has 0 fully saturated rings. The molecule has 0 aromatic heterocycles. The van der Waals surface area contributed by atoms with Crippen molar-refractivity contribution < 1.29 is 9.90 Å². The first kappa shape index (κ1) is 13.1. The van der Waals surface area contributed by atoms with Crippen molar-refractivity contribution in [3.63, 3.8) is 0 Å². The molecule has 0 aliphatic heterocycles.